The third-order valence-electron chi connectivity index (χ3n) is 4.60. The van der Waals surface area contributed by atoms with Crippen LogP contribution in [-0.2, 0) is 21.7 Å². The Morgan fingerprint density at radius 2 is 0.975 bits per heavy atom. The number of rotatable bonds is 6. The minimum atomic E-state index is -0.581. The van der Waals surface area contributed by atoms with E-state index >= 15 is 0 Å². The Labute approximate surface area is 255 Å². The van der Waals surface area contributed by atoms with Gasteiger partial charge in [0, 0.05) is 0 Å². The van der Waals surface area contributed by atoms with Crippen molar-refractivity contribution in [3.63, 3.8) is 0 Å². The summed E-state index contributed by atoms with van der Waals surface area (Å²) in [6.07, 6.45) is 2.76. The number of para-hydroxylation sites is 2. The van der Waals surface area contributed by atoms with Crippen molar-refractivity contribution in [1.29, 1.82) is 0 Å². The number of halogens is 2. The zero-order chi connectivity index (χ0) is 28.6. The summed E-state index contributed by atoms with van der Waals surface area (Å²) in [6.45, 7) is 3.24. The molecule has 0 saturated heterocycles. The molecular formula is C27H22Cl2N4O6Ti. The zero-order valence-electron chi connectivity index (χ0n) is 21.3. The van der Waals surface area contributed by atoms with E-state index in [1.54, 1.807) is 62.4 Å². The number of furan rings is 2. The summed E-state index contributed by atoms with van der Waals surface area (Å²) < 4.78 is 9.77. The summed E-state index contributed by atoms with van der Waals surface area (Å²) in [7, 11) is 0. The van der Waals surface area contributed by atoms with Gasteiger partial charge in [-0.2, -0.15) is 20.4 Å². The molecule has 0 spiro atoms. The number of benzene rings is 2. The predicted molar refractivity (Wildman–Crippen MR) is 143 cm³/mol. The summed E-state index contributed by atoms with van der Waals surface area (Å²) in [5.74, 6) is -1.24. The second-order valence-electron chi connectivity index (χ2n) is 7.23. The summed E-state index contributed by atoms with van der Waals surface area (Å²) >= 11 is 9.53. The molecule has 4 aromatic rings. The predicted octanol–water partition coefficient (Wildman–Crippen LogP) is 3.19. The van der Waals surface area contributed by atoms with Crippen molar-refractivity contribution < 1.29 is 51.0 Å². The third kappa shape index (κ3) is 11.1. The van der Waals surface area contributed by atoms with E-state index in [2.05, 4.69) is 20.4 Å². The van der Waals surface area contributed by atoms with Crippen LogP contribution in [0.3, 0.4) is 0 Å². The van der Waals surface area contributed by atoms with E-state index < -0.39 is 11.8 Å². The molecule has 0 N–H and O–H groups in total. The number of alkyl halides is 2. The fourth-order valence-corrected chi connectivity index (χ4v) is 2.78. The van der Waals surface area contributed by atoms with Gasteiger partial charge in [-0.1, -0.05) is 60.0 Å². The van der Waals surface area contributed by atoms with Crippen molar-refractivity contribution in [2.45, 2.75) is 13.8 Å². The van der Waals surface area contributed by atoms with Crippen LogP contribution in [0.4, 0.5) is 0 Å². The van der Waals surface area contributed by atoms with Crippen molar-refractivity contribution in [1.82, 2.24) is 0 Å². The molecule has 0 aliphatic rings. The maximum absolute atomic E-state index is 11.5. The molecule has 0 radical (unpaired) electrons. The van der Waals surface area contributed by atoms with E-state index in [4.69, 9.17) is 32.0 Å². The van der Waals surface area contributed by atoms with Crippen LogP contribution in [0.25, 0.3) is 0 Å². The number of hydrogen-bond acceptors (Lipinski definition) is 10. The van der Waals surface area contributed by atoms with Crippen LogP contribution in [0.15, 0.2) is 115 Å². The Bertz CT molecular complexity index is 1310. The second kappa shape index (κ2) is 18.5. The van der Waals surface area contributed by atoms with Crippen LogP contribution in [0.2, 0.25) is 0 Å². The quantitative estimate of drug-likeness (QED) is 0.106. The van der Waals surface area contributed by atoms with Crippen molar-refractivity contribution in [3.05, 3.63) is 108 Å². The molecule has 0 unspecified atom stereocenters. The van der Waals surface area contributed by atoms with Gasteiger partial charge >= 0.3 is 21.7 Å². The average Bonchev–Trinajstić information content (AvgIpc) is 3.67. The van der Waals surface area contributed by atoms with E-state index in [0.717, 1.165) is 0 Å². The van der Waals surface area contributed by atoms with E-state index in [-0.39, 0.29) is 50.1 Å². The van der Waals surface area contributed by atoms with Gasteiger partial charge < -0.3 is 29.3 Å². The zero-order valence-corrected chi connectivity index (χ0v) is 24.4. The van der Waals surface area contributed by atoms with Gasteiger partial charge in [-0.05, 0) is 49.2 Å². The topological polar surface area (TPSA) is 168 Å². The van der Waals surface area contributed by atoms with Gasteiger partial charge in [0.1, 0.15) is 11.5 Å². The first-order chi connectivity index (χ1) is 18.8. The first kappa shape index (κ1) is 34.2. The van der Waals surface area contributed by atoms with Gasteiger partial charge in [0.15, 0.2) is 0 Å². The molecule has 0 amide bonds. The summed E-state index contributed by atoms with van der Waals surface area (Å²) in [5, 5.41) is 60.7. The molecule has 10 nitrogen and oxygen atoms in total. The van der Waals surface area contributed by atoms with Gasteiger partial charge in [0.2, 0.25) is 0 Å². The Morgan fingerprint density at radius 1 is 0.625 bits per heavy atom. The van der Waals surface area contributed by atoms with Crippen LogP contribution in [0.5, 0.6) is 11.5 Å². The number of nitrogens with zero attached hydrogens (tertiary/aromatic N) is 4. The smallest absolute Gasteiger partial charge is 0.872 e. The van der Waals surface area contributed by atoms with Crippen LogP contribution in [0, 0.1) is 0 Å². The Kier molecular flexibility index (Phi) is 15.8. The molecule has 0 aliphatic heterocycles. The fourth-order valence-electron chi connectivity index (χ4n) is 2.78. The average molecular weight is 617 g/mol. The molecule has 0 bridgehead atoms. The maximum atomic E-state index is 11.5. The second-order valence-corrected chi connectivity index (χ2v) is 8.04. The van der Waals surface area contributed by atoms with Crippen molar-refractivity contribution in [3.8, 4) is 11.5 Å². The van der Waals surface area contributed by atoms with Gasteiger partial charge in [0.25, 0.3) is 0 Å². The summed E-state index contributed by atoms with van der Waals surface area (Å²) in [4.78, 5) is 0. The van der Waals surface area contributed by atoms with Crippen LogP contribution in [0.1, 0.15) is 36.5 Å². The van der Waals surface area contributed by atoms with E-state index in [0.29, 0.717) is 22.6 Å². The molecule has 2 aromatic heterocycles. The molecule has 0 aliphatic carbocycles. The SMILES string of the molecule is C/C(=N\N=C(/[O-])c1ccco1)c1ccccc1[O-].C/C(=N\N=C(/[O-])c1ccco1)c1ccccc1[O-].ClCCl.[Ti+4]. The molecular weight excluding hydrogens is 595 g/mol. The maximum Gasteiger partial charge on any atom is 4.00 e. The Hall–Kier alpha value is -3.83. The molecule has 0 atom stereocenters. The van der Waals surface area contributed by atoms with Gasteiger partial charge in [-0.3, -0.25) is 0 Å². The van der Waals surface area contributed by atoms with Gasteiger partial charge in [-0.25, -0.2) is 0 Å². The van der Waals surface area contributed by atoms with Gasteiger partial charge in [-0.15, -0.1) is 23.2 Å². The van der Waals surface area contributed by atoms with Crippen LogP contribution < -0.4 is 20.4 Å². The third-order valence-corrected chi connectivity index (χ3v) is 4.60. The fraction of sp³-hybridized carbons (Fsp3) is 0.111. The van der Waals surface area contributed by atoms with Crippen molar-refractivity contribution in [2.24, 2.45) is 20.4 Å². The molecule has 0 saturated carbocycles. The molecule has 13 heteroatoms. The van der Waals surface area contributed by atoms with Gasteiger partial charge in [0.05, 0.1) is 41.1 Å². The molecule has 204 valence electrons. The first-order valence-corrected chi connectivity index (χ1v) is 12.2. The molecule has 2 aromatic carbocycles. The van der Waals surface area contributed by atoms with Crippen LogP contribution in [-0.4, -0.2) is 28.6 Å². The summed E-state index contributed by atoms with van der Waals surface area (Å²) in [6, 6.07) is 19.0. The normalized spacial score (nSPS) is 11.9. The Balaban J connectivity index is 0.000000356. The Morgan fingerprint density at radius 3 is 1.27 bits per heavy atom. The monoisotopic (exact) mass is 616 g/mol. The summed E-state index contributed by atoms with van der Waals surface area (Å²) in [5.41, 5.74) is 1.63. The minimum Gasteiger partial charge on any atom is -0.872 e. The standard InChI is InChI=1S/2C13H12N2O3.CH2Cl2.Ti/c2*1-9(10-5-2-3-6-11(10)16)14-15-13(17)12-7-4-8-18-12;2-1-3;/h2*2-8,16H,1H3,(H,15,17);1H2;/q;;;+4/p-4/b2*14-9+;;. The van der Waals surface area contributed by atoms with Crippen LogP contribution >= 0.6 is 23.2 Å². The van der Waals surface area contributed by atoms with Crippen molar-refractivity contribution >= 4 is 46.4 Å². The first-order valence-electron chi connectivity index (χ1n) is 11.1. The number of hydrogen-bond donors (Lipinski definition) is 0. The van der Waals surface area contributed by atoms with E-state index in [1.165, 1.54) is 36.8 Å². The molecule has 2 heterocycles. The molecule has 4 rings (SSSR count). The molecule has 40 heavy (non-hydrogen) atoms. The van der Waals surface area contributed by atoms with E-state index in [9.17, 15) is 20.4 Å². The molecule has 0 fully saturated rings. The van der Waals surface area contributed by atoms with Crippen molar-refractivity contribution in [2.75, 3.05) is 5.34 Å². The minimum absolute atomic E-state index is 0. The van der Waals surface area contributed by atoms with E-state index in [1.807, 2.05) is 0 Å². The largest absolute Gasteiger partial charge is 4.00 e.